The molecule has 0 bridgehead atoms. The Hall–Kier alpha value is -5.05. The first-order chi connectivity index (χ1) is 20.0. The average Bonchev–Trinajstić information content (AvgIpc) is 3.29. The van der Waals surface area contributed by atoms with Crippen molar-refractivity contribution in [3.8, 4) is 0 Å². The standard InChI is InChI=1S/C33H25F3N2O4/c1-4-38-28-15-13-21(31(40)24-11-7-8-12-27(24)33(34,35)36)17-25(28)26-18-22(14-16-29(26)38)32(41)30(37-42-20(3)39)23-10-6-5-9-19(23)2/h5-18H,4H2,1-3H3. The Morgan fingerprint density at radius 1 is 0.810 bits per heavy atom. The molecule has 0 unspecified atom stereocenters. The van der Waals surface area contributed by atoms with Crippen LogP contribution in [0.2, 0.25) is 0 Å². The smallest absolute Gasteiger partial charge is 0.341 e. The van der Waals surface area contributed by atoms with E-state index in [1.807, 2.05) is 17.6 Å². The molecule has 212 valence electrons. The van der Waals surface area contributed by atoms with Crippen LogP contribution in [0, 0.1) is 6.92 Å². The number of nitrogens with zero attached hydrogens (tertiary/aromatic N) is 2. The Labute approximate surface area is 239 Å². The molecule has 5 aromatic rings. The maximum Gasteiger partial charge on any atom is 0.417 e. The Kier molecular flexibility index (Phi) is 7.51. The summed E-state index contributed by atoms with van der Waals surface area (Å²) in [7, 11) is 0. The van der Waals surface area contributed by atoms with Gasteiger partial charge in [-0.15, -0.1) is 0 Å². The number of halogens is 3. The van der Waals surface area contributed by atoms with Gasteiger partial charge in [0.1, 0.15) is 0 Å². The number of carbonyl (C=O) groups excluding carboxylic acids is 3. The van der Waals surface area contributed by atoms with Crippen LogP contribution in [-0.2, 0) is 22.4 Å². The van der Waals surface area contributed by atoms with Gasteiger partial charge in [0.05, 0.1) is 5.56 Å². The van der Waals surface area contributed by atoms with Crippen LogP contribution in [0.1, 0.15) is 56.8 Å². The molecular weight excluding hydrogens is 545 g/mol. The average molecular weight is 571 g/mol. The molecular formula is C33H25F3N2O4. The first-order valence-electron chi connectivity index (χ1n) is 13.1. The van der Waals surface area contributed by atoms with Gasteiger partial charge in [-0.1, -0.05) is 47.6 Å². The van der Waals surface area contributed by atoms with Crippen molar-refractivity contribution in [1.82, 2.24) is 4.57 Å². The van der Waals surface area contributed by atoms with E-state index >= 15 is 0 Å². The van der Waals surface area contributed by atoms with E-state index in [2.05, 4.69) is 5.16 Å². The number of hydrogen-bond acceptors (Lipinski definition) is 5. The minimum Gasteiger partial charge on any atom is -0.341 e. The molecule has 1 aromatic heterocycles. The fraction of sp³-hybridized carbons (Fsp3) is 0.152. The predicted octanol–water partition coefficient (Wildman–Crippen LogP) is 7.52. The Morgan fingerprint density at radius 2 is 1.38 bits per heavy atom. The second-order valence-corrected chi connectivity index (χ2v) is 9.75. The van der Waals surface area contributed by atoms with E-state index in [1.165, 1.54) is 25.1 Å². The van der Waals surface area contributed by atoms with Crippen LogP contribution in [-0.4, -0.2) is 27.8 Å². The molecule has 0 saturated heterocycles. The number of rotatable bonds is 7. The zero-order valence-corrected chi connectivity index (χ0v) is 23.0. The van der Waals surface area contributed by atoms with E-state index in [9.17, 15) is 27.6 Å². The number of carbonyl (C=O) groups is 3. The van der Waals surface area contributed by atoms with Gasteiger partial charge in [0.15, 0.2) is 11.5 Å². The maximum atomic E-state index is 13.8. The Bertz CT molecular complexity index is 1920. The van der Waals surface area contributed by atoms with Crippen molar-refractivity contribution in [2.45, 2.75) is 33.5 Å². The molecule has 0 aliphatic rings. The summed E-state index contributed by atoms with van der Waals surface area (Å²) in [6.07, 6.45) is -4.69. The Morgan fingerprint density at radius 3 is 1.98 bits per heavy atom. The predicted molar refractivity (Wildman–Crippen MR) is 154 cm³/mol. The highest BCUT2D eigenvalue weighted by atomic mass is 19.4. The van der Waals surface area contributed by atoms with Crippen molar-refractivity contribution in [3.05, 3.63) is 118 Å². The highest BCUT2D eigenvalue weighted by molar-refractivity contribution is 6.51. The third-order valence-corrected chi connectivity index (χ3v) is 7.06. The summed E-state index contributed by atoms with van der Waals surface area (Å²) in [5, 5.41) is 5.10. The number of oxime groups is 1. The quantitative estimate of drug-likeness (QED) is 0.0878. The minimum absolute atomic E-state index is 0.0542. The SMILES string of the molecule is CCn1c2ccc(C(=O)C(=NOC(C)=O)c3ccccc3C)cc2c2cc(C(=O)c3ccccc3C(F)(F)F)ccc21. The molecule has 5 rings (SSSR count). The first kappa shape index (κ1) is 28.5. The van der Waals surface area contributed by atoms with Gasteiger partial charge in [-0.2, -0.15) is 13.2 Å². The molecule has 0 atom stereocenters. The number of fused-ring (bicyclic) bond motifs is 3. The number of aryl methyl sites for hydroxylation is 2. The summed E-state index contributed by atoms with van der Waals surface area (Å²) in [5.41, 5.74) is 1.62. The molecule has 0 amide bonds. The zero-order valence-electron chi connectivity index (χ0n) is 23.0. The summed E-state index contributed by atoms with van der Waals surface area (Å²) in [5.74, 6) is -1.93. The van der Waals surface area contributed by atoms with E-state index in [1.54, 1.807) is 55.5 Å². The van der Waals surface area contributed by atoms with Gasteiger partial charge in [-0.3, -0.25) is 9.59 Å². The van der Waals surface area contributed by atoms with E-state index in [-0.39, 0.29) is 16.8 Å². The normalized spacial score (nSPS) is 12.1. The second kappa shape index (κ2) is 11.1. The molecule has 0 saturated carbocycles. The van der Waals surface area contributed by atoms with Crippen LogP contribution in [0.15, 0.2) is 90.1 Å². The second-order valence-electron chi connectivity index (χ2n) is 9.75. The number of alkyl halides is 3. The molecule has 4 aromatic carbocycles. The van der Waals surface area contributed by atoms with E-state index < -0.39 is 34.8 Å². The van der Waals surface area contributed by atoms with Crippen LogP contribution >= 0.6 is 0 Å². The summed E-state index contributed by atoms with van der Waals surface area (Å²) in [6, 6.07) is 21.6. The number of benzene rings is 4. The van der Waals surface area contributed by atoms with Gasteiger partial charge in [0, 0.05) is 57.5 Å². The monoisotopic (exact) mass is 570 g/mol. The van der Waals surface area contributed by atoms with Gasteiger partial charge in [0.25, 0.3) is 0 Å². The largest absolute Gasteiger partial charge is 0.417 e. The van der Waals surface area contributed by atoms with Crippen LogP contribution in [0.3, 0.4) is 0 Å². The lowest BCUT2D eigenvalue weighted by Crippen LogP contribution is -2.18. The number of hydrogen-bond donors (Lipinski definition) is 0. The van der Waals surface area contributed by atoms with E-state index in [4.69, 9.17) is 4.84 Å². The number of Topliss-reactive ketones (excluding diaryl/α,β-unsaturated/α-hetero) is 1. The molecule has 0 radical (unpaired) electrons. The molecule has 6 nitrogen and oxygen atoms in total. The topological polar surface area (TPSA) is 77.7 Å². The highest BCUT2D eigenvalue weighted by Crippen LogP contribution is 2.35. The summed E-state index contributed by atoms with van der Waals surface area (Å²) >= 11 is 0. The van der Waals surface area contributed by atoms with Crippen molar-refractivity contribution < 1.29 is 32.4 Å². The molecule has 9 heteroatoms. The van der Waals surface area contributed by atoms with Gasteiger partial charge in [-0.05, 0) is 61.9 Å². The van der Waals surface area contributed by atoms with Crippen molar-refractivity contribution >= 4 is 45.1 Å². The lowest BCUT2D eigenvalue weighted by Gasteiger charge is -2.12. The number of ketones is 2. The van der Waals surface area contributed by atoms with Crippen molar-refractivity contribution in [2.24, 2.45) is 5.16 Å². The van der Waals surface area contributed by atoms with E-state index in [0.29, 0.717) is 22.9 Å². The summed E-state index contributed by atoms with van der Waals surface area (Å²) < 4.78 is 42.9. The van der Waals surface area contributed by atoms with Gasteiger partial charge in [0.2, 0.25) is 5.78 Å². The summed E-state index contributed by atoms with van der Waals surface area (Å²) in [4.78, 5) is 43.5. The first-order valence-corrected chi connectivity index (χ1v) is 13.1. The van der Waals surface area contributed by atoms with E-state index in [0.717, 1.165) is 28.7 Å². The fourth-order valence-corrected chi connectivity index (χ4v) is 5.11. The fourth-order valence-electron chi connectivity index (χ4n) is 5.11. The minimum atomic E-state index is -4.69. The van der Waals surface area contributed by atoms with Crippen molar-refractivity contribution in [1.29, 1.82) is 0 Å². The summed E-state index contributed by atoms with van der Waals surface area (Å²) in [6.45, 7) is 5.50. The van der Waals surface area contributed by atoms with Crippen molar-refractivity contribution in [2.75, 3.05) is 0 Å². The molecule has 0 fully saturated rings. The third-order valence-electron chi connectivity index (χ3n) is 7.06. The molecule has 0 aliphatic heterocycles. The van der Waals surface area contributed by atoms with Gasteiger partial charge < -0.3 is 9.40 Å². The third kappa shape index (κ3) is 5.21. The molecule has 1 heterocycles. The lowest BCUT2D eigenvalue weighted by molar-refractivity contribution is -0.141. The van der Waals surface area contributed by atoms with Crippen LogP contribution in [0.25, 0.3) is 21.8 Å². The zero-order chi connectivity index (χ0) is 30.2. The van der Waals surface area contributed by atoms with Crippen molar-refractivity contribution in [3.63, 3.8) is 0 Å². The van der Waals surface area contributed by atoms with Crippen LogP contribution in [0.4, 0.5) is 13.2 Å². The van der Waals surface area contributed by atoms with Gasteiger partial charge >= 0.3 is 12.1 Å². The molecule has 0 aliphatic carbocycles. The molecule has 42 heavy (non-hydrogen) atoms. The Balaban J connectivity index is 1.66. The maximum absolute atomic E-state index is 13.8. The molecule has 0 N–H and O–H groups in total. The highest BCUT2D eigenvalue weighted by Gasteiger charge is 2.35. The molecule has 0 spiro atoms. The lowest BCUT2D eigenvalue weighted by atomic mass is 9.95. The van der Waals surface area contributed by atoms with Gasteiger partial charge in [-0.25, -0.2) is 4.79 Å². The van der Waals surface area contributed by atoms with Crippen LogP contribution < -0.4 is 0 Å². The van der Waals surface area contributed by atoms with Crippen LogP contribution in [0.5, 0.6) is 0 Å². The number of aromatic nitrogens is 1.